The Bertz CT molecular complexity index is 160. The van der Waals surface area contributed by atoms with Crippen LogP contribution >= 0.6 is 0 Å². The molecule has 0 radical (unpaired) electrons. The summed E-state index contributed by atoms with van der Waals surface area (Å²) in [6, 6.07) is 0. The minimum absolute atomic E-state index is 0.00505. The first-order valence-corrected chi connectivity index (χ1v) is 4.03. The van der Waals surface area contributed by atoms with E-state index in [0.29, 0.717) is 13.0 Å². The SMILES string of the molecule is CC(=O)CO[C@H]1CCOC[C@H]1F. The van der Waals surface area contributed by atoms with E-state index in [2.05, 4.69) is 0 Å². The van der Waals surface area contributed by atoms with Crippen LogP contribution in [0.4, 0.5) is 4.39 Å². The summed E-state index contributed by atoms with van der Waals surface area (Å²) in [6.45, 7) is 2.03. The van der Waals surface area contributed by atoms with Crippen molar-refractivity contribution in [2.75, 3.05) is 19.8 Å². The van der Waals surface area contributed by atoms with E-state index in [0.717, 1.165) is 0 Å². The molecule has 0 saturated carbocycles. The van der Waals surface area contributed by atoms with Gasteiger partial charge in [0.05, 0.1) is 12.7 Å². The van der Waals surface area contributed by atoms with Gasteiger partial charge < -0.3 is 9.47 Å². The third kappa shape index (κ3) is 2.87. The zero-order chi connectivity index (χ0) is 8.97. The van der Waals surface area contributed by atoms with E-state index in [-0.39, 0.29) is 19.0 Å². The zero-order valence-corrected chi connectivity index (χ0v) is 7.09. The summed E-state index contributed by atoms with van der Waals surface area (Å²) in [5.41, 5.74) is 0. The minimum Gasteiger partial charge on any atom is -0.378 e. The Morgan fingerprint density at radius 1 is 1.75 bits per heavy atom. The molecule has 70 valence electrons. The standard InChI is InChI=1S/C8H13FO3/c1-6(10)4-12-8-2-3-11-5-7(8)9/h7-8H,2-5H2,1H3/t7-,8+/m1/s1. The average Bonchev–Trinajstić information content (AvgIpc) is 2.03. The van der Waals surface area contributed by atoms with Crippen LogP contribution in [-0.2, 0) is 14.3 Å². The lowest BCUT2D eigenvalue weighted by atomic mass is 10.1. The van der Waals surface area contributed by atoms with E-state index < -0.39 is 12.3 Å². The Labute approximate surface area is 70.8 Å². The maximum atomic E-state index is 12.9. The first kappa shape index (κ1) is 9.61. The first-order chi connectivity index (χ1) is 5.70. The third-order valence-electron chi connectivity index (χ3n) is 1.73. The van der Waals surface area contributed by atoms with Gasteiger partial charge in [0.15, 0.2) is 5.78 Å². The molecule has 0 aromatic heterocycles. The summed E-state index contributed by atoms with van der Waals surface area (Å²) in [5, 5.41) is 0. The molecule has 0 spiro atoms. The lowest BCUT2D eigenvalue weighted by Crippen LogP contribution is -2.36. The predicted octanol–water partition coefficient (Wildman–Crippen LogP) is 0.719. The zero-order valence-electron chi connectivity index (χ0n) is 7.09. The molecule has 1 aliphatic rings. The van der Waals surface area contributed by atoms with Gasteiger partial charge >= 0.3 is 0 Å². The van der Waals surface area contributed by atoms with Crippen molar-refractivity contribution in [1.82, 2.24) is 0 Å². The van der Waals surface area contributed by atoms with E-state index in [1.54, 1.807) is 0 Å². The average molecular weight is 176 g/mol. The van der Waals surface area contributed by atoms with Crippen molar-refractivity contribution >= 4 is 5.78 Å². The largest absolute Gasteiger partial charge is 0.378 e. The number of Topliss-reactive ketones (excluding diaryl/α,β-unsaturated/α-hetero) is 1. The molecule has 2 atom stereocenters. The molecule has 0 aliphatic carbocycles. The van der Waals surface area contributed by atoms with Gasteiger partial charge in [-0.15, -0.1) is 0 Å². The molecule has 1 heterocycles. The number of alkyl halides is 1. The third-order valence-corrected chi connectivity index (χ3v) is 1.73. The minimum atomic E-state index is -1.09. The second-order valence-corrected chi connectivity index (χ2v) is 2.93. The topological polar surface area (TPSA) is 35.5 Å². The van der Waals surface area contributed by atoms with Gasteiger partial charge in [-0.3, -0.25) is 4.79 Å². The van der Waals surface area contributed by atoms with Gasteiger partial charge in [0.25, 0.3) is 0 Å². The van der Waals surface area contributed by atoms with Crippen molar-refractivity contribution in [1.29, 1.82) is 0 Å². The van der Waals surface area contributed by atoms with Crippen LogP contribution in [0.5, 0.6) is 0 Å². The summed E-state index contributed by atoms with van der Waals surface area (Å²) < 4.78 is 22.9. The molecular formula is C8H13FO3. The monoisotopic (exact) mass is 176 g/mol. The predicted molar refractivity (Wildman–Crippen MR) is 40.8 cm³/mol. The Morgan fingerprint density at radius 2 is 2.50 bits per heavy atom. The number of rotatable bonds is 3. The molecule has 3 nitrogen and oxygen atoms in total. The fourth-order valence-electron chi connectivity index (χ4n) is 1.10. The molecule has 0 aromatic rings. The van der Waals surface area contributed by atoms with Crippen LogP contribution in [-0.4, -0.2) is 37.9 Å². The highest BCUT2D eigenvalue weighted by Crippen LogP contribution is 2.14. The molecule has 4 heteroatoms. The molecule has 1 fully saturated rings. The quantitative estimate of drug-likeness (QED) is 0.635. The fraction of sp³-hybridized carbons (Fsp3) is 0.875. The van der Waals surface area contributed by atoms with Gasteiger partial charge in [-0.1, -0.05) is 0 Å². The summed E-state index contributed by atoms with van der Waals surface area (Å²) in [7, 11) is 0. The van der Waals surface area contributed by atoms with Crippen molar-refractivity contribution in [3.63, 3.8) is 0 Å². The molecule has 1 aliphatic heterocycles. The van der Waals surface area contributed by atoms with Crippen LogP contribution in [0.2, 0.25) is 0 Å². The second-order valence-electron chi connectivity index (χ2n) is 2.93. The summed E-state index contributed by atoms with van der Waals surface area (Å²) in [5.74, 6) is -0.0753. The normalized spacial score (nSPS) is 30.2. The van der Waals surface area contributed by atoms with Crippen molar-refractivity contribution in [2.24, 2.45) is 0 Å². The van der Waals surface area contributed by atoms with Gasteiger partial charge in [0, 0.05) is 6.61 Å². The van der Waals surface area contributed by atoms with E-state index in [1.807, 2.05) is 0 Å². The maximum absolute atomic E-state index is 12.9. The number of ketones is 1. The Hall–Kier alpha value is -0.480. The van der Waals surface area contributed by atoms with E-state index in [4.69, 9.17) is 9.47 Å². The number of carbonyl (C=O) groups is 1. The summed E-state index contributed by atoms with van der Waals surface area (Å²) in [4.78, 5) is 10.5. The number of ether oxygens (including phenoxy) is 2. The molecule has 0 aromatic carbocycles. The van der Waals surface area contributed by atoms with Crippen molar-refractivity contribution < 1.29 is 18.7 Å². The molecule has 1 rings (SSSR count). The van der Waals surface area contributed by atoms with Crippen LogP contribution in [0.25, 0.3) is 0 Å². The lowest BCUT2D eigenvalue weighted by molar-refractivity contribution is -0.130. The number of hydrogen-bond donors (Lipinski definition) is 0. The van der Waals surface area contributed by atoms with E-state index in [9.17, 15) is 9.18 Å². The van der Waals surface area contributed by atoms with Crippen molar-refractivity contribution in [3.8, 4) is 0 Å². The lowest BCUT2D eigenvalue weighted by Gasteiger charge is -2.25. The Morgan fingerprint density at radius 3 is 3.08 bits per heavy atom. The van der Waals surface area contributed by atoms with Crippen LogP contribution < -0.4 is 0 Å². The molecule has 0 amide bonds. The molecule has 0 N–H and O–H groups in total. The Balaban J connectivity index is 2.24. The van der Waals surface area contributed by atoms with Gasteiger partial charge in [-0.25, -0.2) is 4.39 Å². The molecule has 0 unspecified atom stereocenters. The van der Waals surface area contributed by atoms with E-state index in [1.165, 1.54) is 6.92 Å². The smallest absolute Gasteiger partial charge is 0.155 e. The Kier molecular flexibility index (Phi) is 3.62. The highest BCUT2D eigenvalue weighted by Gasteiger charge is 2.26. The number of halogens is 1. The molecule has 1 saturated heterocycles. The van der Waals surface area contributed by atoms with Gasteiger partial charge in [0.1, 0.15) is 12.8 Å². The van der Waals surface area contributed by atoms with Crippen molar-refractivity contribution in [2.45, 2.75) is 25.6 Å². The van der Waals surface area contributed by atoms with Gasteiger partial charge in [0.2, 0.25) is 0 Å². The molecule has 0 bridgehead atoms. The van der Waals surface area contributed by atoms with Gasteiger partial charge in [-0.05, 0) is 13.3 Å². The van der Waals surface area contributed by atoms with Crippen LogP contribution in [0.3, 0.4) is 0 Å². The summed E-state index contributed by atoms with van der Waals surface area (Å²) in [6.07, 6.45) is -1.00. The first-order valence-electron chi connectivity index (χ1n) is 4.03. The van der Waals surface area contributed by atoms with Crippen LogP contribution in [0.1, 0.15) is 13.3 Å². The summed E-state index contributed by atoms with van der Waals surface area (Å²) >= 11 is 0. The van der Waals surface area contributed by atoms with Gasteiger partial charge in [-0.2, -0.15) is 0 Å². The van der Waals surface area contributed by atoms with Crippen molar-refractivity contribution in [3.05, 3.63) is 0 Å². The molecular weight excluding hydrogens is 163 g/mol. The number of hydrogen-bond acceptors (Lipinski definition) is 3. The highest BCUT2D eigenvalue weighted by molar-refractivity contribution is 5.76. The van der Waals surface area contributed by atoms with Crippen LogP contribution in [0.15, 0.2) is 0 Å². The highest BCUT2D eigenvalue weighted by atomic mass is 19.1. The van der Waals surface area contributed by atoms with E-state index >= 15 is 0 Å². The second kappa shape index (κ2) is 4.52. The number of carbonyl (C=O) groups excluding carboxylic acids is 1. The molecule has 12 heavy (non-hydrogen) atoms. The maximum Gasteiger partial charge on any atom is 0.155 e. The van der Waals surface area contributed by atoms with Crippen LogP contribution in [0, 0.1) is 0 Å². The fourth-order valence-corrected chi connectivity index (χ4v) is 1.10.